The molecule has 29 heavy (non-hydrogen) atoms. The lowest BCUT2D eigenvalue weighted by Crippen LogP contribution is -1.98. The zero-order chi connectivity index (χ0) is 20.3. The Morgan fingerprint density at radius 2 is 1.86 bits per heavy atom. The SMILES string of the molecule is CCCCCCCCCOc1ccc(/C=N\Nc2nc3ccccc3[nH]2)cc1Br. The Balaban J connectivity index is 1.42. The van der Waals surface area contributed by atoms with E-state index in [9.17, 15) is 0 Å². The first-order valence-electron chi connectivity index (χ1n) is 10.4. The average Bonchev–Trinajstić information content (AvgIpc) is 3.14. The highest BCUT2D eigenvalue weighted by molar-refractivity contribution is 9.10. The van der Waals surface area contributed by atoms with E-state index >= 15 is 0 Å². The van der Waals surface area contributed by atoms with Crippen LogP contribution >= 0.6 is 15.9 Å². The number of aromatic nitrogens is 2. The van der Waals surface area contributed by atoms with Crippen LogP contribution in [0.4, 0.5) is 5.95 Å². The summed E-state index contributed by atoms with van der Waals surface area (Å²) in [7, 11) is 0. The van der Waals surface area contributed by atoms with Gasteiger partial charge in [0.25, 0.3) is 0 Å². The molecule has 3 aromatic rings. The van der Waals surface area contributed by atoms with Crippen molar-refractivity contribution in [2.45, 2.75) is 51.9 Å². The lowest BCUT2D eigenvalue weighted by Gasteiger charge is -2.08. The number of benzene rings is 2. The second kappa shape index (κ2) is 11.6. The van der Waals surface area contributed by atoms with Gasteiger partial charge in [-0.25, -0.2) is 10.4 Å². The van der Waals surface area contributed by atoms with Gasteiger partial charge in [0, 0.05) is 0 Å². The monoisotopic (exact) mass is 456 g/mol. The van der Waals surface area contributed by atoms with Crippen LogP contribution in [0.1, 0.15) is 57.4 Å². The number of imidazole rings is 1. The maximum absolute atomic E-state index is 5.90. The molecule has 0 spiro atoms. The normalized spacial score (nSPS) is 11.4. The van der Waals surface area contributed by atoms with E-state index in [-0.39, 0.29) is 0 Å². The molecule has 0 saturated heterocycles. The number of H-pyrrole nitrogens is 1. The molecule has 5 nitrogen and oxygen atoms in total. The van der Waals surface area contributed by atoms with Gasteiger partial charge in [0.15, 0.2) is 0 Å². The van der Waals surface area contributed by atoms with Crippen molar-refractivity contribution in [3.05, 3.63) is 52.5 Å². The molecule has 0 aliphatic rings. The molecule has 3 rings (SSSR count). The van der Waals surface area contributed by atoms with Gasteiger partial charge >= 0.3 is 0 Å². The molecule has 0 bridgehead atoms. The van der Waals surface area contributed by atoms with Crippen LogP contribution in [0.3, 0.4) is 0 Å². The summed E-state index contributed by atoms with van der Waals surface area (Å²) in [6, 6.07) is 13.9. The number of nitrogens with one attached hydrogen (secondary N) is 2. The van der Waals surface area contributed by atoms with Crippen LogP contribution in [0.2, 0.25) is 0 Å². The largest absolute Gasteiger partial charge is 0.492 e. The van der Waals surface area contributed by atoms with Gasteiger partial charge in [-0.1, -0.05) is 57.6 Å². The third kappa shape index (κ3) is 6.89. The topological polar surface area (TPSA) is 62.3 Å². The van der Waals surface area contributed by atoms with Crippen molar-refractivity contribution in [1.82, 2.24) is 9.97 Å². The van der Waals surface area contributed by atoms with Crippen LogP contribution in [-0.2, 0) is 0 Å². The maximum atomic E-state index is 5.90. The number of nitrogens with zero attached hydrogens (tertiary/aromatic N) is 2. The molecule has 0 saturated carbocycles. The number of rotatable bonds is 12. The Labute approximate surface area is 181 Å². The number of fused-ring (bicyclic) bond motifs is 1. The molecule has 6 heteroatoms. The summed E-state index contributed by atoms with van der Waals surface area (Å²) < 4.78 is 6.84. The van der Waals surface area contributed by atoms with Crippen LogP contribution in [0.15, 0.2) is 52.0 Å². The number of halogens is 1. The van der Waals surface area contributed by atoms with Gasteiger partial charge in [0.05, 0.1) is 28.3 Å². The maximum Gasteiger partial charge on any atom is 0.222 e. The third-order valence-electron chi connectivity index (χ3n) is 4.73. The molecular weight excluding hydrogens is 428 g/mol. The van der Waals surface area contributed by atoms with Crippen LogP contribution in [0.25, 0.3) is 11.0 Å². The summed E-state index contributed by atoms with van der Waals surface area (Å²) in [6.45, 7) is 3.01. The van der Waals surface area contributed by atoms with Gasteiger partial charge in [0.1, 0.15) is 5.75 Å². The molecule has 0 aliphatic carbocycles. The van der Waals surface area contributed by atoms with Crippen molar-refractivity contribution in [2.24, 2.45) is 5.10 Å². The number of anilines is 1. The molecule has 154 valence electrons. The fourth-order valence-corrected chi connectivity index (χ4v) is 3.64. The van der Waals surface area contributed by atoms with Gasteiger partial charge in [-0.05, 0) is 58.2 Å². The Hall–Kier alpha value is -2.34. The second-order valence-electron chi connectivity index (χ2n) is 7.13. The second-order valence-corrected chi connectivity index (χ2v) is 7.99. The van der Waals surface area contributed by atoms with Crippen LogP contribution in [0, 0.1) is 0 Å². The van der Waals surface area contributed by atoms with E-state index in [2.05, 4.69) is 43.3 Å². The van der Waals surface area contributed by atoms with Gasteiger partial charge in [0.2, 0.25) is 5.95 Å². The highest BCUT2D eigenvalue weighted by Gasteiger charge is 2.03. The van der Waals surface area contributed by atoms with Crippen molar-refractivity contribution < 1.29 is 4.74 Å². The standard InChI is InChI=1S/C23H29BrN4O/c1-2-3-4-5-6-7-10-15-29-22-14-13-18(16-19(22)24)17-25-28-23-26-20-11-8-9-12-21(20)27-23/h8-9,11-14,16-17H,2-7,10,15H2,1H3,(H2,26,27,28)/b25-17-. The molecule has 0 unspecified atom stereocenters. The van der Waals surface area contributed by atoms with Crippen molar-refractivity contribution in [2.75, 3.05) is 12.0 Å². The fourth-order valence-electron chi connectivity index (χ4n) is 3.13. The molecule has 0 radical (unpaired) electrons. The molecule has 1 heterocycles. The lowest BCUT2D eigenvalue weighted by atomic mass is 10.1. The smallest absolute Gasteiger partial charge is 0.222 e. The minimum Gasteiger partial charge on any atom is -0.492 e. The molecule has 0 atom stereocenters. The Kier molecular flexibility index (Phi) is 8.56. The third-order valence-corrected chi connectivity index (χ3v) is 5.35. The zero-order valence-corrected chi connectivity index (χ0v) is 18.5. The quantitative estimate of drug-likeness (QED) is 0.177. The van der Waals surface area contributed by atoms with E-state index in [4.69, 9.17) is 4.74 Å². The van der Waals surface area contributed by atoms with Crippen LogP contribution < -0.4 is 10.2 Å². The molecule has 0 amide bonds. The average molecular weight is 457 g/mol. The number of hydrazone groups is 1. The number of aromatic amines is 1. The first kappa shape index (κ1) is 21.4. The zero-order valence-electron chi connectivity index (χ0n) is 17.0. The minimum absolute atomic E-state index is 0.621. The van der Waals surface area contributed by atoms with Gasteiger partial charge in [-0.3, -0.25) is 0 Å². The minimum atomic E-state index is 0.621. The molecule has 0 fully saturated rings. The van der Waals surface area contributed by atoms with Crippen molar-refractivity contribution in [3.63, 3.8) is 0 Å². The van der Waals surface area contributed by atoms with E-state index in [1.165, 1.54) is 38.5 Å². The van der Waals surface area contributed by atoms with E-state index in [1.807, 2.05) is 42.5 Å². The summed E-state index contributed by atoms with van der Waals surface area (Å²) in [6.07, 6.45) is 10.8. The molecular formula is C23H29BrN4O. The number of hydrogen-bond acceptors (Lipinski definition) is 4. The summed E-state index contributed by atoms with van der Waals surface area (Å²) in [5, 5.41) is 4.26. The molecule has 0 aliphatic heterocycles. The van der Waals surface area contributed by atoms with Crippen LogP contribution in [-0.4, -0.2) is 22.8 Å². The number of para-hydroxylation sites is 2. The van der Waals surface area contributed by atoms with E-state index < -0.39 is 0 Å². The fraction of sp³-hybridized carbons (Fsp3) is 0.391. The Bertz CT molecular complexity index is 889. The first-order chi connectivity index (χ1) is 14.3. The van der Waals surface area contributed by atoms with Crippen molar-refractivity contribution >= 4 is 39.1 Å². The predicted octanol–water partition coefficient (Wildman–Crippen LogP) is 6.90. The van der Waals surface area contributed by atoms with Crippen LogP contribution in [0.5, 0.6) is 5.75 Å². The van der Waals surface area contributed by atoms with Gasteiger partial charge in [-0.15, -0.1) is 0 Å². The highest BCUT2D eigenvalue weighted by Crippen LogP contribution is 2.26. The molecule has 2 aromatic carbocycles. The lowest BCUT2D eigenvalue weighted by molar-refractivity contribution is 0.302. The summed E-state index contributed by atoms with van der Waals surface area (Å²) >= 11 is 3.59. The summed E-state index contributed by atoms with van der Waals surface area (Å²) in [5.74, 6) is 1.49. The Morgan fingerprint density at radius 1 is 1.07 bits per heavy atom. The van der Waals surface area contributed by atoms with E-state index in [0.717, 1.165) is 39.8 Å². The number of hydrogen-bond donors (Lipinski definition) is 2. The van der Waals surface area contributed by atoms with Gasteiger partial charge < -0.3 is 9.72 Å². The summed E-state index contributed by atoms with van der Waals surface area (Å²) in [4.78, 5) is 7.62. The molecule has 1 aromatic heterocycles. The molecule has 2 N–H and O–H groups in total. The first-order valence-corrected chi connectivity index (χ1v) is 11.2. The summed E-state index contributed by atoms with van der Waals surface area (Å²) in [5.41, 5.74) is 5.81. The number of ether oxygens (including phenoxy) is 1. The Morgan fingerprint density at radius 3 is 2.66 bits per heavy atom. The predicted molar refractivity (Wildman–Crippen MR) is 125 cm³/mol. The van der Waals surface area contributed by atoms with Gasteiger partial charge in [-0.2, -0.15) is 5.10 Å². The van der Waals surface area contributed by atoms with E-state index in [0.29, 0.717) is 5.95 Å². The highest BCUT2D eigenvalue weighted by atomic mass is 79.9. The van der Waals surface area contributed by atoms with Crippen molar-refractivity contribution in [3.8, 4) is 5.75 Å². The van der Waals surface area contributed by atoms with Crippen molar-refractivity contribution in [1.29, 1.82) is 0 Å². The van der Waals surface area contributed by atoms with E-state index in [1.54, 1.807) is 6.21 Å². The number of unbranched alkanes of at least 4 members (excludes halogenated alkanes) is 6.